The van der Waals surface area contributed by atoms with Crippen LogP contribution in [-0.2, 0) is 9.59 Å². The Hall–Kier alpha value is -2.28. The number of carbonyl (C=O) groups excluding carboxylic acids is 2. The number of nitrogens with one attached hydrogen (secondary N) is 1. The first kappa shape index (κ1) is 19.5. The average Bonchev–Trinajstić information content (AvgIpc) is 2.68. The lowest BCUT2D eigenvalue weighted by molar-refractivity contribution is -0.132. The number of nitrogens with zero attached hydrogens (tertiary/aromatic N) is 3. The molecule has 0 saturated carbocycles. The molecule has 0 unspecified atom stereocenters. The largest absolute Gasteiger partial charge is 0.495 e. The lowest BCUT2D eigenvalue weighted by Crippen LogP contribution is -2.44. The van der Waals surface area contributed by atoms with Gasteiger partial charge in [-0.25, -0.2) is 0 Å². The van der Waals surface area contributed by atoms with E-state index < -0.39 is 0 Å². The molecule has 0 radical (unpaired) electrons. The van der Waals surface area contributed by atoms with E-state index in [0.29, 0.717) is 37.4 Å². The van der Waals surface area contributed by atoms with Gasteiger partial charge in [-0.05, 0) is 38.1 Å². The highest BCUT2D eigenvalue weighted by molar-refractivity contribution is 5.94. The van der Waals surface area contributed by atoms with Gasteiger partial charge in [0.15, 0.2) is 0 Å². The summed E-state index contributed by atoms with van der Waals surface area (Å²) in [7, 11) is 3.75. The molecule has 2 fully saturated rings. The Labute approximate surface area is 161 Å². The Kier molecular flexibility index (Phi) is 6.21. The fourth-order valence-electron chi connectivity index (χ4n) is 3.75. The molecule has 7 heteroatoms. The predicted octanol–water partition coefficient (Wildman–Crippen LogP) is 1.64. The van der Waals surface area contributed by atoms with E-state index >= 15 is 0 Å². The normalized spacial score (nSPS) is 19.1. The lowest BCUT2D eigenvalue weighted by atomic mass is 9.95. The SMILES string of the molecule is COc1ccc(N2CCN(C)CC2)cc1NC(=O)C1CCN(C(C)=O)CC1. The van der Waals surface area contributed by atoms with Crippen molar-refractivity contribution in [3.8, 4) is 5.75 Å². The average molecular weight is 374 g/mol. The number of benzene rings is 1. The van der Waals surface area contributed by atoms with Crippen LogP contribution in [0.2, 0.25) is 0 Å². The van der Waals surface area contributed by atoms with E-state index in [9.17, 15) is 9.59 Å². The molecule has 2 saturated heterocycles. The summed E-state index contributed by atoms with van der Waals surface area (Å²) in [5.41, 5.74) is 1.82. The minimum Gasteiger partial charge on any atom is -0.495 e. The second-order valence-electron chi connectivity index (χ2n) is 7.44. The minimum absolute atomic E-state index is 0.00651. The van der Waals surface area contributed by atoms with Crippen molar-refractivity contribution in [1.82, 2.24) is 9.80 Å². The summed E-state index contributed by atoms with van der Waals surface area (Å²) < 4.78 is 5.45. The third-order valence-corrected chi connectivity index (χ3v) is 5.62. The van der Waals surface area contributed by atoms with Gasteiger partial charge in [0.1, 0.15) is 5.75 Å². The highest BCUT2D eigenvalue weighted by Crippen LogP contribution is 2.31. The van der Waals surface area contributed by atoms with Crippen LogP contribution in [0.5, 0.6) is 5.75 Å². The van der Waals surface area contributed by atoms with Crippen molar-refractivity contribution in [1.29, 1.82) is 0 Å². The fourth-order valence-corrected chi connectivity index (χ4v) is 3.75. The Morgan fingerprint density at radius 3 is 2.33 bits per heavy atom. The summed E-state index contributed by atoms with van der Waals surface area (Å²) in [5.74, 6) is 0.683. The Bertz CT molecular complexity index is 678. The summed E-state index contributed by atoms with van der Waals surface area (Å²) >= 11 is 0. The third-order valence-electron chi connectivity index (χ3n) is 5.62. The third kappa shape index (κ3) is 4.71. The van der Waals surface area contributed by atoms with Gasteiger partial charge in [-0.1, -0.05) is 0 Å². The standard InChI is InChI=1S/C20H30N4O3/c1-15(25)23-8-6-16(7-9-23)20(26)21-18-14-17(4-5-19(18)27-3)24-12-10-22(2)11-13-24/h4-5,14,16H,6-13H2,1-3H3,(H,21,26). The highest BCUT2D eigenvalue weighted by Gasteiger charge is 2.27. The van der Waals surface area contributed by atoms with Gasteiger partial charge in [-0.3, -0.25) is 9.59 Å². The number of likely N-dealkylation sites (N-methyl/N-ethyl adjacent to an activating group) is 1. The first-order valence-corrected chi connectivity index (χ1v) is 9.66. The van der Waals surface area contributed by atoms with E-state index in [0.717, 1.165) is 31.9 Å². The second kappa shape index (κ2) is 8.61. The summed E-state index contributed by atoms with van der Waals surface area (Å²) in [6.07, 6.45) is 1.40. The Morgan fingerprint density at radius 1 is 1.07 bits per heavy atom. The van der Waals surface area contributed by atoms with Gasteiger partial charge in [0.2, 0.25) is 11.8 Å². The highest BCUT2D eigenvalue weighted by atomic mass is 16.5. The van der Waals surface area contributed by atoms with Gasteiger partial charge in [0.05, 0.1) is 12.8 Å². The lowest BCUT2D eigenvalue weighted by Gasteiger charge is -2.34. The van der Waals surface area contributed by atoms with Crippen LogP contribution in [0.15, 0.2) is 18.2 Å². The van der Waals surface area contributed by atoms with E-state index in [-0.39, 0.29) is 17.7 Å². The van der Waals surface area contributed by atoms with E-state index in [1.54, 1.807) is 18.9 Å². The number of piperazine rings is 1. The topological polar surface area (TPSA) is 65.1 Å². The fraction of sp³-hybridized carbons (Fsp3) is 0.600. The Balaban J connectivity index is 1.67. The van der Waals surface area contributed by atoms with Crippen molar-refractivity contribution in [3.63, 3.8) is 0 Å². The van der Waals surface area contributed by atoms with Gasteiger partial charge >= 0.3 is 0 Å². The number of rotatable bonds is 4. The molecule has 0 aliphatic carbocycles. The molecule has 1 aromatic rings. The first-order chi connectivity index (χ1) is 13.0. The molecule has 0 spiro atoms. The molecular weight excluding hydrogens is 344 g/mol. The summed E-state index contributed by atoms with van der Waals surface area (Å²) in [4.78, 5) is 30.7. The van der Waals surface area contributed by atoms with Crippen LogP contribution in [-0.4, -0.2) is 75.0 Å². The zero-order valence-electron chi connectivity index (χ0n) is 16.5. The predicted molar refractivity (Wildman–Crippen MR) is 106 cm³/mol. The van der Waals surface area contributed by atoms with Crippen LogP contribution in [0.25, 0.3) is 0 Å². The van der Waals surface area contributed by atoms with Crippen molar-refractivity contribution in [3.05, 3.63) is 18.2 Å². The number of amides is 2. The summed E-state index contributed by atoms with van der Waals surface area (Å²) in [5, 5.41) is 3.06. The molecule has 2 aliphatic rings. The molecule has 7 nitrogen and oxygen atoms in total. The van der Waals surface area contributed by atoms with Crippen LogP contribution < -0.4 is 15.0 Å². The van der Waals surface area contributed by atoms with E-state index in [1.165, 1.54) is 0 Å². The van der Waals surface area contributed by atoms with Gasteiger partial charge in [0.25, 0.3) is 0 Å². The molecule has 2 heterocycles. The van der Waals surface area contributed by atoms with Crippen LogP contribution in [0.1, 0.15) is 19.8 Å². The van der Waals surface area contributed by atoms with Gasteiger partial charge in [-0.15, -0.1) is 0 Å². The van der Waals surface area contributed by atoms with Crippen LogP contribution in [0, 0.1) is 5.92 Å². The molecule has 148 valence electrons. The number of carbonyl (C=O) groups is 2. The smallest absolute Gasteiger partial charge is 0.227 e. The van der Waals surface area contributed by atoms with E-state index in [4.69, 9.17) is 4.74 Å². The van der Waals surface area contributed by atoms with Crippen molar-refractivity contribution in [2.45, 2.75) is 19.8 Å². The van der Waals surface area contributed by atoms with Gasteiger partial charge in [-0.2, -0.15) is 0 Å². The van der Waals surface area contributed by atoms with Gasteiger partial charge in [0, 0.05) is 57.8 Å². The molecule has 27 heavy (non-hydrogen) atoms. The second-order valence-corrected chi connectivity index (χ2v) is 7.44. The van der Waals surface area contributed by atoms with Gasteiger partial charge < -0.3 is 24.8 Å². The maximum Gasteiger partial charge on any atom is 0.227 e. The molecule has 0 bridgehead atoms. The number of piperidine rings is 1. The quantitative estimate of drug-likeness (QED) is 0.868. The molecule has 0 atom stereocenters. The van der Waals surface area contributed by atoms with Crippen molar-refractivity contribution < 1.29 is 14.3 Å². The zero-order valence-corrected chi connectivity index (χ0v) is 16.5. The molecule has 2 amide bonds. The maximum atomic E-state index is 12.8. The van der Waals surface area contributed by atoms with E-state index in [1.807, 2.05) is 18.2 Å². The van der Waals surface area contributed by atoms with Crippen molar-refractivity contribution >= 4 is 23.2 Å². The summed E-state index contributed by atoms with van der Waals surface area (Å²) in [6.45, 7) is 6.87. The van der Waals surface area contributed by atoms with Crippen molar-refractivity contribution in [2.75, 3.05) is 63.6 Å². The molecule has 2 aliphatic heterocycles. The van der Waals surface area contributed by atoms with Crippen LogP contribution in [0.4, 0.5) is 11.4 Å². The number of hydrogen-bond donors (Lipinski definition) is 1. The molecule has 1 N–H and O–H groups in total. The Morgan fingerprint density at radius 2 is 1.74 bits per heavy atom. The number of anilines is 2. The van der Waals surface area contributed by atoms with Crippen molar-refractivity contribution in [2.24, 2.45) is 5.92 Å². The van der Waals surface area contributed by atoms with Crippen LogP contribution >= 0.6 is 0 Å². The van der Waals surface area contributed by atoms with Crippen LogP contribution in [0.3, 0.4) is 0 Å². The summed E-state index contributed by atoms with van der Waals surface area (Å²) in [6, 6.07) is 5.97. The van der Waals surface area contributed by atoms with E-state index in [2.05, 4.69) is 22.2 Å². The maximum absolute atomic E-state index is 12.8. The first-order valence-electron chi connectivity index (χ1n) is 9.66. The molecular formula is C20H30N4O3. The number of hydrogen-bond acceptors (Lipinski definition) is 5. The monoisotopic (exact) mass is 374 g/mol. The molecule has 1 aromatic carbocycles. The number of likely N-dealkylation sites (tertiary alicyclic amines) is 1. The zero-order chi connectivity index (χ0) is 19.4. The number of ether oxygens (including phenoxy) is 1. The minimum atomic E-state index is -0.0717. The number of methoxy groups -OCH3 is 1. The molecule has 3 rings (SSSR count). The molecule has 0 aromatic heterocycles.